The number of rotatable bonds is 0. The van der Waals surface area contributed by atoms with Crippen molar-refractivity contribution in [3.63, 3.8) is 0 Å². The molecule has 0 bridgehead atoms. The smallest absolute Gasteiger partial charge is 0.260 e. The topological polar surface area (TPSA) is 101 Å². The number of aromatic nitrogens is 2. The van der Waals surface area contributed by atoms with E-state index < -0.39 is 10.0 Å². The minimum absolute atomic E-state index is 0.00463. The molecule has 0 spiro atoms. The number of amidine groups is 1. The quantitative estimate of drug-likeness (QED) is 0.540. The molecule has 6 nitrogen and oxygen atoms in total. The maximum absolute atomic E-state index is 11.0. The molecule has 0 saturated carbocycles. The van der Waals surface area contributed by atoms with Crippen molar-refractivity contribution in [2.24, 2.45) is 10.1 Å². The standard InChI is InChI=1S/C5H6N4O2S/c6-5-3-1-7-8-4(3)2-12(10,11)9-5/h1H,2H2,(H2,6,9)(H,7,8). The minimum atomic E-state index is -3.42. The molecule has 7 heteroatoms. The van der Waals surface area contributed by atoms with Crippen molar-refractivity contribution < 1.29 is 8.42 Å². The molecule has 0 aromatic carbocycles. The highest BCUT2D eigenvalue weighted by Crippen LogP contribution is 2.15. The van der Waals surface area contributed by atoms with Gasteiger partial charge in [0.15, 0.2) is 0 Å². The molecule has 12 heavy (non-hydrogen) atoms. The Hall–Kier alpha value is -1.37. The third-order valence-electron chi connectivity index (χ3n) is 1.56. The molecule has 0 radical (unpaired) electrons. The van der Waals surface area contributed by atoms with Crippen molar-refractivity contribution in [1.29, 1.82) is 0 Å². The summed E-state index contributed by atoms with van der Waals surface area (Å²) in [6.45, 7) is 0. The van der Waals surface area contributed by atoms with Crippen LogP contribution < -0.4 is 5.73 Å². The van der Waals surface area contributed by atoms with E-state index in [4.69, 9.17) is 5.73 Å². The normalized spacial score (nSPS) is 19.8. The average molecular weight is 186 g/mol. The molecule has 1 aliphatic heterocycles. The number of nitrogens with one attached hydrogen (secondary N) is 1. The number of sulfonamides is 1. The van der Waals surface area contributed by atoms with E-state index in [1.165, 1.54) is 6.20 Å². The first kappa shape index (κ1) is 7.29. The van der Waals surface area contributed by atoms with Gasteiger partial charge in [-0.2, -0.15) is 5.10 Å². The van der Waals surface area contributed by atoms with Gasteiger partial charge in [-0.1, -0.05) is 0 Å². The Bertz CT molecular complexity index is 444. The third-order valence-corrected chi connectivity index (χ3v) is 2.69. The summed E-state index contributed by atoms with van der Waals surface area (Å²) in [5.41, 5.74) is 6.45. The first-order valence-electron chi connectivity index (χ1n) is 3.19. The van der Waals surface area contributed by atoms with Gasteiger partial charge in [0, 0.05) is 0 Å². The summed E-state index contributed by atoms with van der Waals surface area (Å²) in [4.78, 5) is 0. The zero-order valence-electron chi connectivity index (χ0n) is 5.98. The lowest BCUT2D eigenvalue weighted by Gasteiger charge is -2.07. The second-order valence-electron chi connectivity index (χ2n) is 2.47. The fourth-order valence-corrected chi connectivity index (χ4v) is 2.10. The van der Waals surface area contributed by atoms with Crippen LogP contribution in [0.2, 0.25) is 0 Å². The van der Waals surface area contributed by atoms with Gasteiger partial charge < -0.3 is 5.73 Å². The largest absolute Gasteiger partial charge is 0.382 e. The van der Waals surface area contributed by atoms with Gasteiger partial charge in [0.2, 0.25) is 0 Å². The summed E-state index contributed by atoms with van der Waals surface area (Å²) in [5.74, 6) is -0.145. The fraction of sp³-hybridized carbons (Fsp3) is 0.200. The van der Waals surface area contributed by atoms with Crippen LogP contribution in [0.25, 0.3) is 0 Å². The Morgan fingerprint density at radius 2 is 2.33 bits per heavy atom. The molecule has 0 fully saturated rings. The van der Waals surface area contributed by atoms with E-state index in [0.717, 1.165) is 0 Å². The lowest BCUT2D eigenvalue weighted by Crippen LogP contribution is -2.22. The van der Waals surface area contributed by atoms with Crippen LogP contribution in [0.1, 0.15) is 11.3 Å². The van der Waals surface area contributed by atoms with E-state index >= 15 is 0 Å². The summed E-state index contributed by atoms with van der Waals surface area (Å²) < 4.78 is 25.3. The lowest BCUT2D eigenvalue weighted by atomic mass is 10.2. The monoisotopic (exact) mass is 186 g/mol. The highest BCUT2D eigenvalue weighted by atomic mass is 32.2. The fourth-order valence-electron chi connectivity index (χ4n) is 1.06. The molecule has 1 aliphatic rings. The highest BCUT2D eigenvalue weighted by molar-refractivity contribution is 7.89. The van der Waals surface area contributed by atoms with E-state index in [9.17, 15) is 8.42 Å². The number of aromatic amines is 1. The van der Waals surface area contributed by atoms with Gasteiger partial charge in [-0.15, -0.1) is 4.40 Å². The summed E-state index contributed by atoms with van der Waals surface area (Å²) in [7, 11) is -3.42. The number of H-pyrrole nitrogens is 1. The van der Waals surface area contributed by atoms with E-state index in [2.05, 4.69) is 14.6 Å². The molecule has 1 aromatic heterocycles. The Balaban J connectivity index is 2.67. The van der Waals surface area contributed by atoms with Gasteiger partial charge in [0.25, 0.3) is 10.0 Å². The SMILES string of the molecule is NC1=NS(=O)(=O)Cc2[nH]ncc21. The summed E-state index contributed by atoms with van der Waals surface area (Å²) >= 11 is 0. The maximum atomic E-state index is 11.0. The second kappa shape index (κ2) is 2.07. The average Bonchev–Trinajstić information content (AvgIpc) is 2.31. The number of hydrogen-bond donors (Lipinski definition) is 2. The van der Waals surface area contributed by atoms with Crippen LogP contribution >= 0.6 is 0 Å². The molecule has 0 saturated heterocycles. The van der Waals surface area contributed by atoms with Gasteiger partial charge >= 0.3 is 0 Å². The van der Waals surface area contributed by atoms with Crippen molar-refractivity contribution in [2.75, 3.05) is 0 Å². The molecular weight excluding hydrogens is 180 g/mol. The van der Waals surface area contributed by atoms with Crippen molar-refractivity contribution >= 4 is 15.9 Å². The van der Waals surface area contributed by atoms with Crippen molar-refractivity contribution in [1.82, 2.24) is 10.2 Å². The van der Waals surface area contributed by atoms with E-state index in [-0.39, 0.29) is 11.6 Å². The maximum Gasteiger partial charge on any atom is 0.260 e. The minimum Gasteiger partial charge on any atom is -0.382 e. The molecule has 1 aromatic rings. The summed E-state index contributed by atoms with van der Waals surface area (Å²) in [6.07, 6.45) is 1.46. The van der Waals surface area contributed by atoms with Crippen LogP contribution in [0, 0.1) is 0 Å². The number of fused-ring (bicyclic) bond motifs is 1. The van der Waals surface area contributed by atoms with Crippen LogP contribution in [0.5, 0.6) is 0 Å². The van der Waals surface area contributed by atoms with Crippen molar-refractivity contribution in [3.05, 3.63) is 17.5 Å². The third kappa shape index (κ3) is 0.981. The number of hydrogen-bond acceptors (Lipinski definition) is 4. The Kier molecular flexibility index (Phi) is 1.26. The molecular formula is C5H6N4O2S. The van der Waals surface area contributed by atoms with E-state index in [1.54, 1.807) is 0 Å². The van der Waals surface area contributed by atoms with Gasteiger partial charge in [0.05, 0.1) is 17.5 Å². The second-order valence-corrected chi connectivity index (χ2v) is 4.10. The van der Waals surface area contributed by atoms with Crippen LogP contribution in [-0.4, -0.2) is 24.5 Å². The van der Waals surface area contributed by atoms with E-state index in [0.29, 0.717) is 11.3 Å². The van der Waals surface area contributed by atoms with Gasteiger partial charge in [-0.3, -0.25) is 5.10 Å². The lowest BCUT2D eigenvalue weighted by molar-refractivity contribution is 0.595. The predicted octanol–water partition coefficient (Wildman–Crippen LogP) is -1.04. The van der Waals surface area contributed by atoms with Crippen LogP contribution in [0.15, 0.2) is 10.6 Å². The van der Waals surface area contributed by atoms with Crippen molar-refractivity contribution in [2.45, 2.75) is 5.75 Å². The van der Waals surface area contributed by atoms with E-state index in [1.807, 2.05) is 0 Å². The zero-order valence-corrected chi connectivity index (χ0v) is 6.80. The van der Waals surface area contributed by atoms with Gasteiger partial charge in [0.1, 0.15) is 11.6 Å². The molecule has 0 unspecified atom stereocenters. The predicted molar refractivity (Wildman–Crippen MR) is 41.9 cm³/mol. The number of nitrogens with two attached hydrogens (primary N) is 1. The first-order chi connectivity index (χ1) is 5.58. The molecule has 0 atom stereocenters. The number of nitrogens with zero attached hydrogens (tertiary/aromatic N) is 2. The molecule has 2 heterocycles. The van der Waals surface area contributed by atoms with Crippen LogP contribution in [-0.2, 0) is 15.8 Å². The first-order valence-corrected chi connectivity index (χ1v) is 4.80. The molecule has 2 rings (SSSR count). The van der Waals surface area contributed by atoms with Gasteiger partial charge in [-0.25, -0.2) is 8.42 Å². The molecule has 3 N–H and O–H groups in total. The van der Waals surface area contributed by atoms with Crippen LogP contribution in [0.3, 0.4) is 0 Å². The molecule has 0 amide bonds. The summed E-state index contributed by atoms with van der Waals surface area (Å²) in [6, 6.07) is 0. The van der Waals surface area contributed by atoms with Crippen molar-refractivity contribution in [3.8, 4) is 0 Å². The van der Waals surface area contributed by atoms with Gasteiger partial charge in [-0.05, 0) is 0 Å². The Labute approximate surface area is 68.5 Å². The Morgan fingerprint density at radius 3 is 3.08 bits per heavy atom. The Morgan fingerprint density at radius 1 is 1.58 bits per heavy atom. The summed E-state index contributed by atoms with van der Waals surface area (Å²) in [5, 5.41) is 6.22. The molecule has 0 aliphatic carbocycles. The molecule has 64 valence electrons. The zero-order chi connectivity index (χ0) is 8.77. The highest BCUT2D eigenvalue weighted by Gasteiger charge is 2.23. The van der Waals surface area contributed by atoms with Crippen LogP contribution in [0.4, 0.5) is 0 Å².